The number of ether oxygens (including phenoxy) is 1. The zero-order valence-corrected chi connectivity index (χ0v) is 15.5. The molecular formula is C23H20O5. The van der Waals surface area contributed by atoms with Gasteiger partial charge < -0.3 is 14.3 Å². The Morgan fingerprint density at radius 3 is 2.86 bits per heavy atom. The third-order valence-corrected chi connectivity index (χ3v) is 4.84. The molecule has 1 aliphatic carbocycles. The number of fused-ring (bicyclic) bond motifs is 2. The second kappa shape index (κ2) is 7.35. The molecule has 1 aliphatic rings. The van der Waals surface area contributed by atoms with Gasteiger partial charge in [0.15, 0.2) is 5.43 Å². The number of aromatic carboxylic acids is 1. The van der Waals surface area contributed by atoms with Crippen molar-refractivity contribution < 1.29 is 19.1 Å². The van der Waals surface area contributed by atoms with Gasteiger partial charge in [-0.1, -0.05) is 19.1 Å². The Kier molecular flexibility index (Phi) is 4.74. The largest absolute Gasteiger partial charge is 0.494 e. The molecule has 0 bridgehead atoms. The predicted molar refractivity (Wildman–Crippen MR) is 108 cm³/mol. The Morgan fingerprint density at radius 1 is 1.21 bits per heavy atom. The molecule has 28 heavy (non-hydrogen) atoms. The maximum Gasteiger partial charge on any atom is 0.335 e. The third kappa shape index (κ3) is 3.31. The van der Waals surface area contributed by atoms with Crippen molar-refractivity contribution in [3.05, 3.63) is 75.1 Å². The van der Waals surface area contributed by atoms with Gasteiger partial charge in [-0.05, 0) is 66.8 Å². The molecule has 0 saturated carbocycles. The van der Waals surface area contributed by atoms with Crippen LogP contribution in [-0.4, -0.2) is 17.7 Å². The summed E-state index contributed by atoms with van der Waals surface area (Å²) in [5, 5.41) is 9.47. The van der Waals surface area contributed by atoms with Crippen LogP contribution in [0.5, 0.6) is 5.75 Å². The molecule has 2 aromatic carbocycles. The Morgan fingerprint density at radius 2 is 2.07 bits per heavy atom. The number of carboxylic acid groups (broad SMARTS) is 1. The molecular weight excluding hydrogens is 356 g/mol. The Labute approximate surface area is 161 Å². The number of benzene rings is 2. The van der Waals surface area contributed by atoms with Gasteiger partial charge >= 0.3 is 5.97 Å². The van der Waals surface area contributed by atoms with E-state index in [0.717, 1.165) is 23.3 Å². The number of carboxylic acids is 1. The van der Waals surface area contributed by atoms with E-state index in [0.29, 0.717) is 41.7 Å². The highest BCUT2D eigenvalue weighted by atomic mass is 16.5. The van der Waals surface area contributed by atoms with Gasteiger partial charge in [0.25, 0.3) is 0 Å². The van der Waals surface area contributed by atoms with E-state index in [1.54, 1.807) is 6.07 Å². The van der Waals surface area contributed by atoms with E-state index < -0.39 is 5.97 Å². The minimum Gasteiger partial charge on any atom is -0.494 e. The van der Waals surface area contributed by atoms with E-state index >= 15 is 0 Å². The topological polar surface area (TPSA) is 76.7 Å². The molecule has 142 valence electrons. The fourth-order valence-corrected chi connectivity index (χ4v) is 3.48. The average molecular weight is 376 g/mol. The maximum absolute atomic E-state index is 12.9. The minimum atomic E-state index is -1.06. The summed E-state index contributed by atoms with van der Waals surface area (Å²) in [6.45, 7) is 2.73. The van der Waals surface area contributed by atoms with Crippen molar-refractivity contribution in [3.63, 3.8) is 0 Å². The zero-order valence-electron chi connectivity index (χ0n) is 15.5. The van der Waals surface area contributed by atoms with Gasteiger partial charge in [-0.25, -0.2) is 4.79 Å². The van der Waals surface area contributed by atoms with Crippen molar-refractivity contribution in [2.45, 2.75) is 26.2 Å². The van der Waals surface area contributed by atoms with Crippen LogP contribution in [0.4, 0.5) is 0 Å². The van der Waals surface area contributed by atoms with Gasteiger partial charge in [-0.2, -0.15) is 0 Å². The summed E-state index contributed by atoms with van der Waals surface area (Å²) in [4.78, 5) is 24.1. The van der Waals surface area contributed by atoms with Crippen molar-refractivity contribution in [2.75, 3.05) is 6.61 Å². The van der Waals surface area contributed by atoms with E-state index in [1.807, 2.05) is 30.3 Å². The lowest BCUT2D eigenvalue weighted by Gasteiger charge is -2.07. The summed E-state index contributed by atoms with van der Waals surface area (Å²) in [7, 11) is 0. The Hall–Kier alpha value is -3.34. The molecule has 0 radical (unpaired) electrons. The number of hydrogen-bond acceptors (Lipinski definition) is 4. The van der Waals surface area contributed by atoms with E-state index in [-0.39, 0.29) is 11.0 Å². The Bertz CT molecular complexity index is 1150. The Balaban J connectivity index is 1.76. The number of rotatable bonds is 5. The fraction of sp³-hybridized carbons (Fsp3) is 0.217. The van der Waals surface area contributed by atoms with E-state index in [1.165, 1.54) is 12.1 Å². The monoisotopic (exact) mass is 376 g/mol. The first kappa shape index (κ1) is 18.0. The summed E-state index contributed by atoms with van der Waals surface area (Å²) in [6.07, 6.45) is 4.25. The smallest absolute Gasteiger partial charge is 0.335 e. The molecule has 0 spiro atoms. The molecule has 5 heteroatoms. The molecule has 1 heterocycles. The van der Waals surface area contributed by atoms with Crippen LogP contribution in [0.3, 0.4) is 0 Å². The normalized spacial score (nSPS) is 14.4. The van der Waals surface area contributed by atoms with Crippen molar-refractivity contribution in [1.82, 2.24) is 0 Å². The fourth-order valence-electron chi connectivity index (χ4n) is 3.48. The SMILES string of the molecule is CCCOc1cccc(/C=C2/CCc3c2oc2ccc(C(=O)O)cc2c3=O)c1. The highest BCUT2D eigenvalue weighted by molar-refractivity contribution is 5.94. The third-order valence-electron chi connectivity index (χ3n) is 4.84. The second-order valence-electron chi connectivity index (χ2n) is 6.85. The highest BCUT2D eigenvalue weighted by Crippen LogP contribution is 2.34. The quantitative estimate of drug-likeness (QED) is 0.694. The highest BCUT2D eigenvalue weighted by Gasteiger charge is 2.24. The van der Waals surface area contributed by atoms with Gasteiger partial charge in [0.05, 0.1) is 17.6 Å². The second-order valence-corrected chi connectivity index (χ2v) is 6.85. The first-order valence-corrected chi connectivity index (χ1v) is 9.33. The number of allylic oxidation sites excluding steroid dienone is 1. The van der Waals surface area contributed by atoms with Crippen molar-refractivity contribution in [2.24, 2.45) is 0 Å². The lowest BCUT2D eigenvalue weighted by Crippen LogP contribution is -2.09. The van der Waals surface area contributed by atoms with Crippen LogP contribution in [0.2, 0.25) is 0 Å². The molecule has 0 saturated heterocycles. The first-order valence-electron chi connectivity index (χ1n) is 9.33. The molecule has 3 aromatic rings. The lowest BCUT2D eigenvalue weighted by molar-refractivity contribution is 0.0697. The minimum absolute atomic E-state index is 0.0809. The summed E-state index contributed by atoms with van der Waals surface area (Å²) in [6, 6.07) is 12.2. The van der Waals surface area contributed by atoms with Crippen LogP contribution in [0.25, 0.3) is 22.6 Å². The van der Waals surface area contributed by atoms with Crippen LogP contribution >= 0.6 is 0 Å². The van der Waals surface area contributed by atoms with E-state index in [4.69, 9.17) is 14.3 Å². The van der Waals surface area contributed by atoms with Crippen LogP contribution in [-0.2, 0) is 6.42 Å². The first-order chi connectivity index (χ1) is 13.6. The van der Waals surface area contributed by atoms with E-state index in [9.17, 15) is 9.59 Å². The number of carbonyl (C=O) groups is 1. The molecule has 0 aliphatic heterocycles. The van der Waals surface area contributed by atoms with Crippen LogP contribution in [0, 0.1) is 0 Å². The summed E-state index contributed by atoms with van der Waals surface area (Å²) >= 11 is 0. The summed E-state index contributed by atoms with van der Waals surface area (Å²) in [5.74, 6) is 0.351. The summed E-state index contributed by atoms with van der Waals surface area (Å²) < 4.78 is 11.7. The van der Waals surface area contributed by atoms with Crippen molar-refractivity contribution >= 4 is 28.6 Å². The van der Waals surface area contributed by atoms with Gasteiger partial charge in [-0.3, -0.25) is 4.79 Å². The van der Waals surface area contributed by atoms with Gasteiger partial charge in [-0.15, -0.1) is 0 Å². The van der Waals surface area contributed by atoms with Crippen molar-refractivity contribution in [3.8, 4) is 5.75 Å². The van der Waals surface area contributed by atoms with Gasteiger partial charge in [0.1, 0.15) is 17.1 Å². The molecule has 1 aromatic heterocycles. The summed E-state index contributed by atoms with van der Waals surface area (Å²) in [5.41, 5.74) is 2.89. The maximum atomic E-state index is 12.9. The molecule has 1 N–H and O–H groups in total. The van der Waals surface area contributed by atoms with Crippen LogP contribution in [0.15, 0.2) is 51.7 Å². The molecule has 5 nitrogen and oxygen atoms in total. The number of hydrogen-bond donors (Lipinski definition) is 1. The lowest BCUT2D eigenvalue weighted by atomic mass is 10.1. The van der Waals surface area contributed by atoms with Crippen molar-refractivity contribution in [1.29, 1.82) is 0 Å². The molecule has 0 amide bonds. The van der Waals surface area contributed by atoms with Crippen LogP contribution < -0.4 is 10.2 Å². The van der Waals surface area contributed by atoms with E-state index in [2.05, 4.69) is 6.92 Å². The molecule has 4 rings (SSSR count). The van der Waals surface area contributed by atoms with Crippen LogP contribution in [0.1, 0.15) is 47.0 Å². The molecule has 0 unspecified atom stereocenters. The molecule has 0 fully saturated rings. The van der Waals surface area contributed by atoms with Gasteiger partial charge in [0, 0.05) is 5.56 Å². The predicted octanol–water partition coefficient (Wildman–Crippen LogP) is 4.77. The average Bonchev–Trinajstić information content (AvgIpc) is 3.09. The molecule has 0 atom stereocenters. The zero-order chi connectivity index (χ0) is 19.7. The standard InChI is InChI=1S/C23H20O5/c1-2-10-27-17-5-3-4-14(12-17)11-15-6-8-18-21(24)19-13-16(23(25)26)7-9-20(19)28-22(15)18/h3-5,7,9,11-13H,2,6,8,10H2,1H3,(H,25,26)/b15-11-. The van der Waals surface area contributed by atoms with Gasteiger partial charge in [0.2, 0.25) is 0 Å².